The summed E-state index contributed by atoms with van der Waals surface area (Å²) in [6.07, 6.45) is 0.324. The smallest absolute Gasteiger partial charge is 0.242 e. The number of nitrogens with one attached hydrogen (secondary N) is 2. The van der Waals surface area contributed by atoms with Crippen LogP contribution >= 0.6 is 0 Å². The minimum absolute atomic E-state index is 0.0965. The van der Waals surface area contributed by atoms with Gasteiger partial charge in [-0.1, -0.05) is 18.2 Å². The number of amides is 2. The Morgan fingerprint density at radius 2 is 1.83 bits per heavy atom. The number of aromatic nitrogens is 1. The van der Waals surface area contributed by atoms with E-state index in [0.717, 1.165) is 28.5 Å². The summed E-state index contributed by atoms with van der Waals surface area (Å²) < 4.78 is 7.10. The third-order valence-electron chi connectivity index (χ3n) is 4.69. The Bertz CT molecular complexity index is 1070. The van der Waals surface area contributed by atoms with Crippen LogP contribution in [0.25, 0.3) is 21.8 Å². The Hall–Kier alpha value is -3.19. The van der Waals surface area contributed by atoms with Crippen LogP contribution in [0.4, 0.5) is 5.69 Å². The van der Waals surface area contributed by atoms with Crippen LogP contribution in [0.15, 0.2) is 47.6 Å². The Kier molecular flexibility index (Phi) is 6.61. The molecule has 7 heteroatoms. The van der Waals surface area contributed by atoms with Gasteiger partial charge in [0, 0.05) is 46.9 Å². The molecule has 0 aliphatic carbocycles. The molecule has 3 rings (SSSR count). The van der Waals surface area contributed by atoms with Gasteiger partial charge in [-0.25, -0.2) is 5.43 Å². The zero-order valence-corrected chi connectivity index (χ0v) is 17.0. The first kappa shape index (κ1) is 20.5. The van der Waals surface area contributed by atoms with E-state index in [1.807, 2.05) is 30.3 Å². The molecule has 0 saturated carbocycles. The topological polar surface area (TPSA) is 84.7 Å². The van der Waals surface area contributed by atoms with Crippen molar-refractivity contribution >= 4 is 45.0 Å². The predicted molar refractivity (Wildman–Crippen MR) is 116 cm³/mol. The van der Waals surface area contributed by atoms with E-state index >= 15 is 0 Å². The van der Waals surface area contributed by atoms with E-state index in [4.69, 9.17) is 4.74 Å². The van der Waals surface area contributed by atoms with Crippen molar-refractivity contribution in [3.63, 3.8) is 0 Å². The molecule has 1 heterocycles. The first-order valence-electron chi connectivity index (χ1n) is 9.65. The monoisotopic (exact) mass is 394 g/mol. The lowest BCUT2D eigenvalue weighted by molar-refractivity contribution is -0.122. The molecule has 7 nitrogen and oxygen atoms in total. The third kappa shape index (κ3) is 4.81. The fourth-order valence-corrected chi connectivity index (χ4v) is 3.36. The number of anilines is 1. The molecule has 0 aliphatic rings. The van der Waals surface area contributed by atoms with E-state index in [1.165, 1.54) is 12.6 Å². The van der Waals surface area contributed by atoms with Gasteiger partial charge in [0.2, 0.25) is 11.8 Å². The Morgan fingerprint density at radius 1 is 1.07 bits per heavy atom. The van der Waals surface area contributed by atoms with Crippen molar-refractivity contribution in [3.8, 4) is 0 Å². The second kappa shape index (κ2) is 9.34. The van der Waals surface area contributed by atoms with Gasteiger partial charge in [-0.15, -0.1) is 0 Å². The van der Waals surface area contributed by atoms with Crippen LogP contribution in [-0.2, 0) is 20.9 Å². The van der Waals surface area contributed by atoms with Crippen LogP contribution in [0.3, 0.4) is 0 Å². The summed E-state index contributed by atoms with van der Waals surface area (Å²) in [4.78, 5) is 23.9. The van der Waals surface area contributed by atoms with E-state index < -0.39 is 0 Å². The van der Waals surface area contributed by atoms with Crippen molar-refractivity contribution in [1.29, 1.82) is 0 Å². The van der Waals surface area contributed by atoms with Crippen molar-refractivity contribution in [1.82, 2.24) is 9.99 Å². The van der Waals surface area contributed by atoms with Crippen LogP contribution in [0.2, 0.25) is 0 Å². The molecule has 0 bridgehead atoms. The van der Waals surface area contributed by atoms with E-state index in [-0.39, 0.29) is 24.7 Å². The standard InChI is InChI=1S/C22H26N4O3/c1-4-26-19-8-6-5-7-17(19)18-14-16(9-10-20(18)26)23-22(28)13-15(2)24-25-21(27)11-12-29-3/h5-10,14H,4,11-13H2,1-3H3,(H,23,28)(H,25,27). The molecular formula is C22H26N4O3. The molecule has 0 fully saturated rings. The molecule has 0 aliphatic heterocycles. The van der Waals surface area contributed by atoms with Crippen molar-refractivity contribution in [3.05, 3.63) is 42.5 Å². The summed E-state index contributed by atoms with van der Waals surface area (Å²) in [5.74, 6) is -0.430. The summed E-state index contributed by atoms with van der Waals surface area (Å²) in [6.45, 7) is 5.03. The summed E-state index contributed by atoms with van der Waals surface area (Å²) in [6, 6.07) is 14.2. The third-order valence-corrected chi connectivity index (χ3v) is 4.69. The van der Waals surface area contributed by atoms with Gasteiger partial charge in [-0.3, -0.25) is 9.59 Å². The van der Waals surface area contributed by atoms with Gasteiger partial charge in [0.25, 0.3) is 0 Å². The number of hydrogen-bond acceptors (Lipinski definition) is 4. The quantitative estimate of drug-likeness (QED) is 0.452. The fraction of sp³-hybridized carbons (Fsp3) is 0.318. The molecular weight excluding hydrogens is 368 g/mol. The number of fused-ring (bicyclic) bond motifs is 3. The SMILES string of the molecule is CCn1c2ccccc2c2cc(NC(=O)CC(C)=NNC(=O)CCOC)ccc21. The summed E-state index contributed by atoms with van der Waals surface area (Å²) in [7, 11) is 1.53. The van der Waals surface area contributed by atoms with Crippen LogP contribution in [0.5, 0.6) is 0 Å². The highest BCUT2D eigenvalue weighted by Crippen LogP contribution is 2.30. The highest BCUT2D eigenvalue weighted by molar-refractivity contribution is 6.11. The number of carbonyl (C=O) groups excluding carboxylic acids is 2. The molecule has 2 N–H and O–H groups in total. The maximum atomic E-state index is 12.4. The molecule has 0 atom stereocenters. The number of ether oxygens (including phenoxy) is 1. The first-order valence-corrected chi connectivity index (χ1v) is 9.65. The van der Waals surface area contributed by atoms with Crippen molar-refractivity contribution in [2.24, 2.45) is 5.10 Å². The van der Waals surface area contributed by atoms with Crippen molar-refractivity contribution < 1.29 is 14.3 Å². The molecule has 0 spiro atoms. The summed E-state index contributed by atoms with van der Waals surface area (Å²) >= 11 is 0. The van der Waals surface area contributed by atoms with E-state index in [1.54, 1.807) is 6.92 Å². The van der Waals surface area contributed by atoms with E-state index in [9.17, 15) is 9.59 Å². The van der Waals surface area contributed by atoms with E-state index in [2.05, 4.69) is 39.5 Å². The van der Waals surface area contributed by atoms with Crippen LogP contribution in [0.1, 0.15) is 26.7 Å². The molecule has 0 unspecified atom stereocenters. The molecule has 0 radical (unpaired) electrons. The largest absolute Gasteiger partial charge is 0.384 e. The molecule has 29 heavy (non-hydrogen) atoms. The summed E-state index contributed by atoms with van der Waals surface area (Å²) in [5, 5.41) is 9.15. The van der Waals surface area contributed by atoms with Gasteiger partial charge in [-0.05, 0) is 38.1 Å². The number of methoxy groups -OCH3 is 1. The lowest BCUT2D eigenvalue weighted by atomic mass is 10.1. The molecule has 2 aromatic carbocycles. The number of para-hydroxylation sites is 1. The molecule has 3 aromatic rings. The number of rotatable bonds is 8. The average molecular weight is 394 g/mol. The number of aryl methyl sites for hydroxylation is 1. The Morgan fingerprint density at radius 3 is 2.59 bits per heavy atom. The number of benzene rings is 2. The lowest BCUT2D eigenvalue weighted by Gasteiger charge is -2.07. The van der Waals surface area contributed by atoms with Gasteiger partial charge < -0.3 is 14.6 Å². The maximum Gasteiger partial charge on any atom is 0.242 e. The normalized spacial score (nSPS) is 11.8. The molecule has 1 aromatic heterocycles. The second-order valence-electron chi connectivity index (χ2n) is 6.84. The summed E-state index contributed by atoms with van der Waals surface area (Å²) in [5.41, 5.74) is 6.01. The van der Waals surface area contributed by atoms with Gasteiger partial charge in [0.05, 0.1) is 19.4 Å². The number of carbonyl (C=O) groups is 2. The molecule has 152 valence electrons. The highest BCUT2D eigenvalue weighted by atomic mass is 16.5. The van der Waals surface area contributed by atoms with Crippen LogP contribution < -0.4 is 10.7 Å². The zero-order chi connectivity index (χ0) is 20.8. The van der Waals surface area contributed by atoms with Crippen LogP contribution in [-0.4, -0.2) is 35.8 Å². The minimum atomic E-state index is -0.246. The number of hydrazone groups is 1. The van der Waals surface area contributed by atoms with Gasteiger partial charge in [-0.2, -0.15) is 5.10 Å². The fourth-order valence-electron chi connectivity index (χ4n) is 3.36. The van der Waals surface area contributed by atoms with Gasteiger partial charge >= 0.3 is 0 Å². The lowest BCUT2D eigenvalue weighted by Crippen LogP contribution is -2.22. The number of nitrogens with zero attached hydrogens (tertiary/aromatic N) is 2. The predicted octanol–water partition coefficient (Wildman–Crippen LogP) is 3.67. The maximum absolute atomic E-state index is 12.4. The molecule has 0 saturated heterocycles. The minimum Gasteiger partial charge on any atom is -0.384 e. The second-order valence-corrected chi connectivity index (χ2v) is 6.84. The van der Waals surface area contributed by atoms with Crippen molar-refractivity contribution in [2.45, 2.75) is 33.2 Å². The Labute approximate surface area is 169 Å². The van der Waals surface area contributed by atoms with Crippen LogP contribution in [0, 0.1) is 0 Å². The van der Waals surface area contributed by atoms with Gasteiger partial charge in [0.15, 0.2) is 0 Å². The van der Waals surface area contributed by atoms with Gasteiger partial charge in [0.1, 0.15) is 0 Å². The zero-order valence-electron chi connectivity index (χ0n) is 17.0. The highest BCUT2D eigenvalue weighted by Gasteiger charge is 2.11. The molecule has 2 amide bonds. The average Bonchev–Trinajstić information content (AvgIpc) is 3.03. The number of hydrogen-bond donors (Lipinski definition) is 2. The Balaban J connectivity index is 1.71. The first-order chi connectivity index (χ1) is 14.0. The van der Waals surface area contributed by atoms with E-state index in [0.29, 0.717) is 12.3 Å². The van der Waals surface area contributed by atoms with Crippen molar-refractivity contribution in [2.75, 3.05) is 19.0 Å².